The molecule has 4 rings (SSSR count). The zero-order valence-corrected chi connectivity index (χ0v) is 14.2. The summed E-state index contributed by atoms with van der Waals surface area (Å²) >= 11 is 0. The Morgan fingerprint density at radius 3 is 2.69 bits per heavy atom. The van der Waals surface area contributed by atoms with Gasteiger partial charge in [-0.15, -0.1) is 0 Å². The van der Waals surface area contributed by atoms with E-state index < -0.39 is 12.5 Å². The molecule has 6 nitrogen and oxygen atoms in total. The minimum atomic E-state index is -1.09. The zero-order chi connectivity index (χ0) is 18.3. The van der Waals surface area contributed by atoms with Crippen LogP contribution in [0.15, 0.2) is 53.5 Å². The van der Waals surface area contributed by atoms with E-state index in [1.807, 2.05) is 30.5 Å². The van der Waals surface area contributed by atoms with E-state index in [2.05, 4.69) is 23.1 Å². The molecule has 4 aromatic rings. The van der Waals surface area contributed by atoms with Gasteiger partial charge in [0.1, 0.15) is 6.54 Å². The van der Waals surface area contributed by atoms with Crippen molar-refractivity contribution in [3.8, 4) is 0 Å². The summed E-state index contributed by atoms with van der Waals surface area (Å²) in [6.45, 7) is 1.60. The number of carbonyl (C=O) groups is 1. The molecule has 2 aromatic heterocycles. The molecule has 6 heteroatoms. The van der Waals surface area contributed by atoms with Crippen molar-refractivity contribution < 1.29 is 9.90 Å². The monoisotopic (exact) mass is 347 g/mol. The van der Waals surface area contributed by atoms with Gasteiger partial charge >= 0.3 is 5.97 Å². The average Bonchev–Trinajstić information content (AvgIpc) is 3.03. The molecule has 0 fully saturated rings. The van der Waals surface area contributed by atoms with E-state index in [9.17, 15) is 9.59 Å². The summed E-state index contributed by atoms with van der Waals surface area (Å²) in [6.07, 6.45) is 2.45. The van der Waals surface area contributed by atoms with E-state index in [0.717, 1.165) is 32.1 Å². The van der Waals surface area contributed by atoms with Crippen molar-refractivity contribution in [2.75, 3.05) is 0 Å². The average molecular weight is 347 g/mol. The maximum atomic E-state index is 12.5. The molecular formula is C20H17N3O3. The molecule has 2 N–H and O–H groups in total. The van der Waals surface area contributed by atoms with Gasteiger partial charge in [0, 0.05) is 28.9 Å². The van der Waals surface area contributed by atoms with E-state index in [1.54, 1.807) is 12.1 Å². The highest BCUT2D eigenvalue weighted by Gasteiger charge is 2.15. The van der Waals surface area contributed by atoms with Gasteiger partial charge < -0.3 is 10.1 Å². The van der Waals surface area contributed by atoms with Gasteiger partial charge in [-0.25, -0.2) is 4.68 Å². The number of benzene rings is 2. The first kappa shape index (κ1) is 16.1. The van der Waals surface area contributed by atoms with Gasteiger partial charge in [0.05, 0.1) is 11.1 Å². The Morgan fingerprint density at radius 2 is 1.92 bits per heavy atom. The molecule has 0 atom stereocenters. The number of nitrogens with zero attached hydrogens (tertiary/aromatic N) is 2. The predicted molar refractivity (Wildman–Crippen MR) is 99.5 cm³/mol. The number of aryl methyl sites for hydroxylation is 1. The lowest BCUT2D eigenvalue weighted by Crippen LogP contribution is -2.28. The van der Waals surface area contributed by atoms with Crippen LogP contribution in [0.2, 0.25) is 0 Å². The van der Waals surface area contributed by atoms with Crippen LogP contribution < -0.4 is 5.56 Å². The van der Waals surface area contributed by atoms with E-state index >= 15 is 0 Å². The largest absolute Gasteiger partial charge is 0.480 e. The van der Waals surface area contributed by atoms with Crippen molar-refractivity contribution in [1.29, 1.82) is 0 Å². The maximum Gasteiger partial charge on any atom is 0.325 e. The summed E-state index contributed by atoms with van der Waals surface area (Å²) in [7, 11) is 0. The summed E-state index contributed by atoms with van der Waals surface area (Å²) in [4.78, 5) is 26.9. The second-order valence-corrected chi connectivity index (χ2v) is 6.34. The fourth-order valence-corrected chi connectivity index (χ4v) is 3.44. The number of aromatic nitrogens is 3. The van der Waals surface area contributed by atoms with E-state index in [1.165, 1.54) is 0 Å². The normalized spacial score (nSPS) is 11.3. The molecule has 0 saturated carbocycles. The molecule has 0 unspecified atom stereocenters. The van der Waals surface area contributed by atoms with E-state index in [-0.39, 0.29) is 5.56 Å². The first-order valence-corrected chi connectivity index (χ1v) is 8.30. The minimum Gasteiger partial charge on any atom is -0.480 e. The zero-order valence-electron chi connectivity index (χ0n) is 14.2. The van der Waals surface area contributed by atoms with Crippen molar-refractivity contribution in [2.45, 2.75) is 19.9 Å². The van der Waals surface area contributed by atoms with Crippen LogP contribution >= 0.6 is 0 Å². The van der Waals surface area contributed by atoms with Crippen LogP contribution in [0.1, 0.15) is 16.8 Å². The molecule has 0 aliphatic heterocycles. The first-order valence-electron chi connectivity index (χ1n) is 8.30. The highest BCUT2D eigenvalue weighted by atomic mass is 16.4. The Bertz CT molecular complexity index is 1200. The second kappa shape index (κ2) is 6.15. The molecule has 26 heavy (non-hydrogen) atoms. The Hall–Kier alpha value is -3.41. The number of aliphatic carboxylic acids is 1. The van der Waals surface area contributed by atoms with E-state index in [4.69, 9.17) is 5.11 Å². The van der Waals surface area contributed by atoms with Gasteiger partial charge in [-0.3, -0.25) is 9.59 Å². The van der Waals surface area contributed by atoms with Gasteiger partial charge in [-0.05, 0) is 30.2 Å². The number of H-pyrrole nitrogens is 1. The molecule has 0 aliphatic carbocycles. The molecule has 2 heterocycles. The van der Waals surface area contributed by atoms with Gasteiger partial charge in [0.15, 0.2) is 0 Å². The van der Waals surface area contributed by atoms with Crippen molar-refractivity contribution in [3.63, 3.8) is 0 Å². The molecule has 0 aliphatic rings. The number of carboxylic acids is 1. The third-order valence-corrected chi connectivity index (χ3v) is 4.58. The van der Waals surface area contributed by atoms with Crippen molar-refractivity contribution in [1.82, 2.24) is 14.8 Å². The Balaban J connectivity index is 1.91. The lowest BCUT2D eigenvalue weighted by atomic mass is 10.0. The quantitative estimate of drug-likeness (QED) is 0.594. The fraction of sp³-hybridized carbons (Fsp3) is 0.150. The number of aromatic amines is 1. The van der Waals surface area contributed by atoms with Crippen LogP contribution in [0.4, 0.5) is 0 Å². The van der Waals surface area contributed by atoms with Crippen LogP contribution in [0.3, 0.4) is 0 Å². The summed E-state index contributed by atoms with van der Waals surface area (Å²) < 4.78 is 1.03. The Morgan fingerprint density at radius 1 is 1.15 bits per heavy atom. The second-order valence-electron chi connectivity index (χ2n) is 6.34. The topological polar surface area (TPSA) is 88.0 Å². The van der Waals surface area contributed by atoms with Crippen molar-refractivity contribution in [2.24, 2.45) is 0 Å². The van der Waals surface area contributed by atoms with Crippen LogP contribution in [0.25, 0.3) is 21.7 Å². The summed E-state index contributed by atoms with van der Waals surface area (Å²) in [5, 5.41) is 15.8. The van der Waals surface area contributed by atoms with Crippen LogP contribution in [0.5, 0.6) is 0 Å². The molecule has 0 bridgehead atoms. The number of carboxylic acid groups (broad SMARTS) is 1. The predicted octanol–water partition coefficient (Wildman–Crippen LogP) is 2.86. The summed E-state index contributed by atoms with van der Waals surface area (Å²) in [5.41, 5.74) is 3.56. The van der Waals surface area contributed by atoms with Gasteiger partial charge in [-0.2, -0.15) is 5.10 Å². The van der Waals surface area contributed by atoms with E-state index in [0.29, 0.717) is 17.5 Å². The van der Waals surface area contributed by atoms with Crippen LogP contribution in [-0.2, 0) is 17.8 Å². The third-order valence-electron chi connectivity index (χ3n) is 4.58. The molecule has 2 aromatic carbocycles. The number of nitrogens with one attached hydrogen (secondary N) is 1. The number of hydrogen-bond donors (Lipinski definition) is 2. The number of hydrogen-bond acceptors (Lipinski definition) is 3. The molecule has 0 spiro atoms. The van der Waals surface area contributed by atoms with Crippen molar-refractivity contribution >= 4 is 27.6 Å². The fourth-order valence-electron chi connectivity index (χ4n) is 3.44. The van der Waals surface area contributed by atoms with Crippen LogP contribution in [0, 0.1) is 6.92 Å². The van der Waals surface area contributed by atoms with Gasteiger partial charge in [-0.1, -0.05) is 30.3 Å². The lowest BCUT2D eigenvalue weighted by molar-refractivity contribution is -0.138. The van der Waals surface area contributed by atoms with Gasteiger partial charge in [0.25, 0.3) is 5.56 Å². The highest BCUT2D eigenvalue weighted by Crippen LogP contribution is 2.25. The SMILES string of the molecule is Cc1cccc2[nH]cc(Cc3nn(CC(=O)O)c(=O)c4ccccc34)c12. The first-order chi connectivity index (χ1) is 12.5. The summed E-state index contributed by atoms with van der Waals surface area (Å²) in [5.74, 6) is -1.09. The van der Waals surface area contributed by atoms with Gasteiger partial charge in [0.2, 0.25) is 0 Å². The smallest absolute Gasteiger partial charge is 0.325 e. The molecule has 0 saturated heterocycles. The molecular weight excluding hydrogens is 330 g/mol. The molecule has 0 amide bonds. The third kappa shape index (κ3) is 2.65. The van der Waals surface area contributed by atoms with Crippen molar-refractivity contribution in [3.05, 3.63) is 75.8 Å². The molecule has 130 valence electrons. The number of fused-ring (bicyclic) bond motifs is 2. The minimum absolute atomic E-state index is 0.387. The lowest BCUT2D eigenvalue weighted by Gasteiger charge is -2.10. The Kier molecular flexibility index (Phi) is 3.80. The highest BCUT2D eigenvalue weighted by molar-refractivity contribution is 5.88. The number of rotatable bonds is 4. The standard InChI is InChI=1S/C20H17N3O3/c1-12-5-4-8-16-19(12)13(10-21-16)9-17-14-6-2-3-7-15(14)20(26)23(22-17)11-18(24)25/h2-8,10,21H,9,11H2,1H3,(H,24,25). The van der Waals surface area contributed by atoms with Crippen LogP contribution in [-0.4, -0.2) is 25.8 Å². The summed E-state index contributed by atoms with van der Waals surface area (Å²) in [6, 6.07) is 13.3. The maximum absolute atomic E-state index is 12.5. The Labute approximate surface area is 148 Å². The molecule has 0 radical (unpaired) electrons.